The molecule has 0 aromatic heterocycles. The van der Waals surface area contributed by atoms with E-state index in [1.807, 2.05) is 0 Å². The summed E-state index contributed by atoms with van der Waals surface area (Å²) in [7, 11) is -9.43. The van der Waals surface area contributed by atoms with E-state index in [9.17, 15) is 26.5 Å². The lowest BCUT2D eigenvalue weighted by Crippen LogP contribution is -2.00. The molecule has 0 aliphatic carbocycles. The number of rotatable bonds is 5. The number of benzene rings is 3. The van der Waals surface area contributed by atoms with E-state index in [-0.39, 0.29) is 17.3 Å². The molecule has 0 heterocycles. The zero-order chi connectivity index (χ0) is 21.4. The smallest absolute Gasteiger partial charge is 0.296 e. The number of azo groups is 1. The Balaban J connectivity index is 2.28. The van der Waals surface area contributed by atoms with E-state index in [0.717, 1.165) is 24.3 Å². The van der Waals surface area contributed by atoms with Crippen LogP contribution in [0.3, 0.4) is 0 Å². The summed E-state index contributed by atoms with van der Waals surface area (Å²) < 4.78 is 65.0. The molecule has 0 bridgehead atoms. The molecule has 5 N–H and O–H groups in total. The first-order valence-electron chi connectivity index (χ1n) is 7.97. The summed E-state index contributed by atoms with van der Waals surface area (Å²) in [5, 5.41) is 18.2. The first kappa shape index (κ1) is 20.8. The van der Waals surface area contributed by atoms with Gasteiger partial charge in [0.1, 0.15) is 10.6 Å². The van der Waals surface area contributed by atoms with E-state index < -0.39 is 41.5 Å². The third kappa shape index (κ3) is 4.26. The van der Waals surface area contributed by atoms with Crippen molar-refractivity contribution in [1.82, 2.24) is 0 Å². The van der Waals surface area contributed by atoms with Gasteiger partial charge in [0.25, 0.3) is 20.2 Å². The first-order chi connectivity index (χ1) is 13.5. The van der Waals surface area contributed by atoms with Crippen LogP contribution in [-0.4, -0.2) is 31.0 Å². The molecule has 3 aromatic carbocycles. The fraction of sp³-hybridized carbons (Fsp3) is 0.0588. The highest BCUT2D eigenvalue weighted by molar-refractivity contribution is 7.86. The Morgan fingerprint density at radius 3 is 2.21 bits per heavy atom. The number of hydrogen-bond acceptors (Lipinski definition) is 8. The monoisotopic (exact) mass is 437 g/mol. The second-order valence-corrected chi connectivity index (χ2v) is 8.75. The Morgan fingerprint density at radius 1 is 0.897 bits per heavy atom. The minimum Gasteiger partial charge on any atom is -0.505 e. The van der Waals surface area contributed by atoms with Crippen molar-refractivity contribution in [3.63, 3.8) is 0 Å². The first-order valence-corrected chi connectivity index (χ1v) is 10.8. The minimum absolute atomic E-state index is 0.0332. The molecule has 0 fully saturated rings. The molecule has 0 amide bonds. The van der Waals surface area contributed by atoms with E-state index in [4.69, 9.17) is 10.3 Å². The average molecular weight is 437 g/mol. The van der Waals surface area contributed by atoms with Gasteiger partial charge in [-0.05, 0) is 41.3 Å². The lowest BCUT2D eigenvalue weighted by Gasteiger charge is -2.10. The van der Waals surface area contributed by atoms with Crippen LogP contribution in [0.15, 0.2) is 68.6 Å². The number of aromatic hydroxyl groups is 1. The highest BCUT2D eigenvalue weighted by Gasteiger charge is 2.23. The summed E-state index contributed by atoms with van der Waals surface area (Å²) in [6.45, 7) is 0.141. The molecule has 0 saturated carbocycles. The van der Waals surface area contributed by atoms with E-state index in [1.54, 1.807) is 24.3 Å². The highest BCUT2D eigenvalue weighted by atomic mass is 32.2. The van der Waals surface area contributed by atoms with E-state index in [0.29, 0.717) is 11.3 Å². The summed E-state index contributed by atoms with van der Waals surface area (Å²) >= 11 is 0. The second-order valence-electron chi connectivity index (χ2n) is 5.94. The van der Waals surface area contributed by atoms with Crippen molar-refractivity contribution in [2.24, 2.45) is 16.0 Å². The molecule has 3 rings (SSSR count). The van der Waals surface area contributed by atoms with Gasteiger partial charge in [-0.25, -0.2) is 0 Å². The van der Waals surface area contributed by atoms with Crippen molar-refractivity contribution >= 4 is 42.4 Å². The van der Waals surface area contributed by atoms with Crippen molar-refractivity contribution in [1.29, 1.82) is 0 Å². The number of nitrogens with two attached hydrogens (primary N) is 1. The Morgan fingerprint density at radius 2 is 1.59 bits per heavy atom. The molecule has 0 saturated heterocycles. The molecule has 0 atom stereocenters. The van der Waals surface area contributed by atoms with E-state index in [1.165, 1.54) is 0 Å². The molecule has 0 aliphatic heterocycles. The molecule has 0 unspecified atom stereocenters. The molecule has 10 nitrogen and oxygen atoms in total. The highest BCUT2D eigenvalue weighted by Crippen LogP contribution is 2.42. The van der Waals surface area contributed by atoms with Crippen LogP contribution in [0.25, 0.3) is 10.8 Å². The number of hydrogen-bond donors (Lipinski definition) is 4. The quantitative estimate of drug-likeness (QED) is 0.347. The van der Waals surface area contributed by atoms with Crippen LogP contribution in [-0.2, 0) is 26.8 Å². The summed E-state index contributed by atoms with van der Waals surface area (Å²) in [6.07, 6.45) is 0. The Hall–Kier alpha value is -2.90. The molecular weight excluding hydrogens is 422 g/mol. The maximum Gasteiger partial charge on any atom is 0.296 e. The van der Waals surface area contributed by atoms with Crippen molar-refractivity contribution in [2.45, 2.75) is 16.3 Å². The topological polar surface area (TPSA) is 180 Å². The Labute approximate surface area is 165 Å². The van der Waals surface area contributed by atoms with Crippen molar-refractivity contribution < 1.29 is 31.0 Å². The van der Waals surface area contributed by atoms with Crippen LogP contribution in [0.1, 0.15) is 5.56 Å². The fourth-order valence-corrected chi connectivity index (χ4v) is 3.84. The predicted octanol–water partition coefficient (Wildman–Crippen LogP) is 2.91. The molecule has 29 heavy (non-hydrogen) atoms. The number of phenolic OH excluding ortho intramolecular Hbond substituents is 1. The maximum absolute atomic E-state index is 11.8. The zero-order valence-corrected chi connectivity index (χ0v) is 16.2. The molecular formula is C17H15N3O7S2. The molecule has 0 aliphatic rings. The molecule has 0 radical (unpaired) electrons. The van der Waals surface area contributed by atoms with Crippen molar-refractivity contribution in [2.75, 3.05) is 0 Å². The fourth-order valence-electron chi connectivity index (χ4n) is 2.67. The van der Waals surface area contributed by atoms with E-state index >= 15 is 0 Å². The van der Waals surface area contributed by atoms with Crippen LogP contribution >= 0.6 is 0 Å². The average Bonchev–Trinajstić information content (AvgIpc) is 2.65. The Kier molecular flexibility index (Phi) is 5.38. The third-order valence-corrected chi connectivity index (χ3v) is 5.78. The minimum atomic E-state index is -4.87. The van der Waals surface area contributed by atoms with Gasteiger partial charge in [-0.15, -0.1) is 5.11 Å². The van der Waals surface area contributed by atoms with Gasteiger partial charge in [-0.3, -0.25) is 9.11 Å². The van der Waals surface area contributed by atoms with Gasteiger partial charge in [-0.1, -0.05) is 18.2 Å². The van der Waals surface area contributed by atoms with Crippen LogP contribution in [0, 0.1) is 0 Å². The van der Waals surface area contributed by atoms with Crippen molar-refractivity contribution in [3.8, 4) is 5.75 Å². The van der Waals surface area contributed by atoms with Gasteiger partial charge >= 0.3 is 0 Å². The number of nitrogens with zero attached hydrogens (tertiary/aromatic N) is 2. The zero-order valence-electron chi connectivity index (χ0n) is 14.6. The molecule has 0 spiro atoms. The van der Waals surface area contributed by atoms with Crippen LogP contribution in [0.2, 0.25) is 0 Å². The summed E-state index contributed by atoms with van der Waals surface area (Å²) in [4.78, 5) is -1.30. The predicted molar refractivity (Wildman–Crippen MR) is 104 cm³/mol. The van der Waals surface area contributed by atoms with Gasteiger partial charge in [0.2, 0.25) is 0 Å². The standard InChI is InChI=1S/C17H15N3O7S2/c18-9-10-3-1-2-4-14(10)19-20-16-15(29(25,26)27)8-11-7-12(28(22,23)24)5-6-13(11)17(16)21/h1-8,21H,9,18H2,(H,22,23,24)(H,25,26,27). The third-order valence-electron chi connectivity index (χ3n) is 4.07. The number of phenols is 1. The summed E-state index contributed by atoms with van der Waals surface area (Å²) in [5.41, 5.74) is 6.02. The Bertz CT molecular complexity index is 1350. The van der Waals surface area contributed by atoms with Crippen molar-refractivity contribution in [3.05, 3.63) is 54.1 Å². The second kappa shape index (κ2) is 7.50. The lowest BCUT2D eigenvalue weighted by molar-refractivity contribution is 0.472. The normalized spacial score (nSPS) is 12.7. The molecule has 152 valence electrons. The van der Waals surface area contributed by atoms with E-state index in [2.05, 4.69) is 10.2 Å². The van der Waals surface area contributed by atoms with Gasteiger partial charge in [0.05, 0.1) is 10.6 Å². The summed E-state index contributed by atoms with van der Waals surface area (Å²) in [5.74, 6) is -0.647. The van der Waals surface area contributed by atoms with Crippen LogP contribution in [0.5, 0.6) is 5.75 Å². The van der Waals surface area contributed by atoms with Crippen LogP contribution < -0.4 is 5.73 Å². The van der Waals surface area contributed by atoms with Gasteiger partial charge in [0.15, 0.2) is 5.75 Å². The van der Waals surface area contributed by atoms with Crippen LogP contribution in [0.4, 0.5) is 11.4 Å². The van der Waals surface area contributed by atoms with Gasteiger partial charge < -0.3 is 10.8 Å². The number of fused-ring (bicyclic) bond motifs is 1. The molecule has 3 aromatic rings. The largest absolute Gasteiger partial charge is 0.505 e. The molecule has 12 heteroatoms. The maximum atomic E-state index is 11.8. The summed E-state index contributed by atoms with van der Waals surface area (Å²) in [6, 6.07) is 10.7. The SMILES string of the molecule is NCc1ccccc1N=Nc1c(S(=O)(=O)O)cc2cc(S(=O)(=O)O)ccc2c1O. The lowest BCUT2D eigenvalue weighted by atomic mass is 10.1. The van der Waals surface area contributed by atoms with Gasteiger partial charge in [-0.2, -0.15) is 21.9 Å². The van der Waals surface area contributed by atoms with Gasteiger partial charge in [0, 0.05) is 11.9 Å².